The van der Waals surface area contributed by atoms with Crippen LogP contribution in [-0.4, -0.2) is 104 Å². The van der Waals surface area contributed by atoms with Crippen molar-refractivity contribution in [2.45, 2.75) is 0 Å². The van der Waals surface area contributed by atoms with E-state index in [9.17, 15) is 0 Å². The van der Waals surface area contributed by atoms with E-state index in [1.54, 1.807) is 0 Å². The van der Waals surface area contributed by atoms with Crippen LogP contribution in [0.15, 0.2) is 0 Å². The second kappa shape index (κ2) is 26.4. The Morgan fingerprint density at radius 1 is 0.400 bits per heavy atom. The maximum Gasteiger partial charge on any atom is 0.187 e. The zero-order chi connectivity index (χ0) is 0. The maximum absolute atomic E-state index is 0. The van der Waals surface area contributed by atoms with Crippen LogP contribution in [0.1, 0.15) is 0 Å². The SMILES string of the molecule is [AlH3].[AlH3].[Mg].[Mg].[Mg]. The molecule has 0 heterocycles. The largest absolute Gasteiger partial charge is 0.187 e. The lowest BCUT2D eigenvalue weighted by atomic mass is 24.3. The van der Waals surface area contributed by atoms with Gasteiger partial charge in [0, 0.05) is 69.2 Å². The minimum absolute atomic E-state index is 0. The van der Waals surface area contributed by atoms with Crippen LogP contribution in [0, 0.1) is 0 Å². The molecule has 0 unspecified atom stereocenters. The van der Waals surface area contributed by atoms with Crippen molar-refractivity contribution < 1.29 is 0 Å². The Kier molecular flexibility index (Phi) is 211. The summed E-state index contributed by atoms with van der Waals surface area (Å²) in [5.74, 6) is 0. The van der Waals surface area contributed by atoms with Crippen LogP contribution in [0.5, 0.6) is 0 Å². The smallest absolute Gasteiger partial charge is 0 e. The normalized spacial score (nSPS) is 0. The lowest BCUT2D eigenvalue weighted by molar-refractivity contribution is 5.75. The van der Waals surface area contributed by atoms with E-state index < -0.39 is 0 Å². The van der Waals surface area contributed by atoms with Crippen molar-refractivity contribution in [1.29, 1.82) is 0 Å². The maximum atomic E-state index is 0. The molecule has 0 amide bonds. The van der Waals surface area contributed by atoms with Gasteiger partial charge in [0.05, 0.1) is 0 Å². The highest BCUT2D eigenvalue weighted by atomic mass is 27.0. The van der Waals surface area contributed by atoms with Crippen LogP contribution < -0.4 is 0 Å². The lowest BCUT2D eigenvalue weighted by Gasteiger charge is -0.001000. The monoisotopic (exact) mass is 132 g/mol. The van der Waals surface area contributed by atoms with Crippen LogP contribution in [0.25, 0.3) is 0 Å². The highest BCUT2D eigenvalue weighted by Gasteiger charge is 0.188. The van der Waals surface area contributed by atoms with Gasteiger partial charge in [0.15, 0.2) is 34.7 Å². The lowest BCUT2D eigenvalue weighted by Crippen LogP contribution is -0.382. The molecular weight excluding hydrogens is 127 g/mol. The van der Waals surface area contributed by atoms with Crippen molar-refractivity contribution in [3.63, 3.8) is 0 Å². The minimum atomic E-state index is 0. The Balaban J connectivity index is 0. The van der Waals surface area contributed by atoms with Crippen molar-refractivity contribution in [3.05, 3.63) is 0 Å². The van der Waals surface area contributed by atoms with E-state index in [4.69, 9.17) is 0 Å². The van der Waals surface area contributed by atoms with Crippen molar-refractivity contribution in [2.24, 2.45) is 0 Å². The van der Waals surface area contributed by atoms with Gasteiger partial charge in [-0.2, -0.15) is 0 Å². The molecule has 0 aliphatic carbocycles. The van der Waals surface area contributed by atoms with Crippen molar-refractivity contribution >= 4 is 104 Å². The van der Waals surface area contributed by atoms with Gasteiger partial charge in [0.1, 0.15) is 0 Å². The molecule has 0 aliphatic heterocycles. The van der Waals surface area contributed by atoms with Gasteiger partial charge in [-0.25, -0.2) is 0 Å². The van der Waals surface area contributed by atoms with Crippen LogP contribution in [0.2, 0.25) is 0 Å². The number of rotatable bonds is 0. The molecule has 0 N–H and O–H groups in total. The molecule has 0 spiro atoms. The topological polar surface area (TPSA) is 0 Å². The van der Waals surface area contributed by atoms with Gasteiger partial charge in [-0.05, 0) is 0 Å². The first-order chi connectivity index (χ1) is 0. The van der Waals surface area contributed by atoms with Gasteiger partial charge in [-0.15, -0.1) is 0 Å². The first kappa shape index (κ1) is 40.1. The third-order valence-corrected chi connectivity index (χ3v) is 0. The van der Waals surface area contributed by atoms with E-state index in [1.165, 1.54) is 0 Å². The highest BCUT2D eigenvalue weighted by Crippen LogP contribution is -0.377. The first-order valence-electron chi connectivity index (χ1n) is 0. The summed E-state index contributed by atoms with van der Waals surface area (Å²) in [6.45, 7) is 0. The Morgan fingerprint density at radius 2 is 0.400 bits per heavy atom. The minimum Gasteiger partial charge on any atom is 0 e. The Bertz CT molecular complexity index is 4.85. The van der Waals surface area contributed by atoms with E-state index in [2.05, 4.69) is 0 Å². The van der Waals surface area contributed by atoms with Gasteiger partial charge >= 0.3 is 0 Å². The molecule has 0 rings (SSSR count). The summed E-state index contributed by atoms with van der Waals surface area (Å²) < 4.78 is 0. The average molecular weight is 133 g/mol. The van der Waals surface area contributed by atoms with Crippen LogP contribution >= 0.6 is 0 Å². The summed E-state index contributed by atoms with van der Waals surface area (Å²) >= 11 is 0. The summed E-state index contributed by atoms with van der Waals surface area (Å²) in [5, 5.41) is 0. The number of hydrogen-bond donors (Lipinski definition) is 0. The zero-order valence-corrected chi connectivity index (χ0v) is 6.36. The third-order valence-electron chi connectivity index (χ3n) is 0. The summed E-state index contributed by atoms with van der Waals surface area (Å²) in [5.41, 5.74) is 0. The molecule has 0 saturated carbocycles. The molecule has 0 aromatic rings. The zero-order valence-electron chi connectivity index (χ0n) is 2.12. The van der Waals surface area contributed by atoms with Gasteiger partial charge in [0.25, 0.3) is 0 Å². The molecule has 0 aromatic heterocycles. The fourth-order valence-electron chi connectivity index (χ4n) is 0. The quantitative estimate of drug-likeness (QED) is 0.300. The standard InChI is InChI=1S/2Al.3Mg.6H. The third kappa shape index (κ3) is 18.7. The van der Waals surface area contributed by atoms with Gasteiger partial charge in [-0.3, -0.25) is 0 Å². The molecule has 0 saturated heterocycles. The second-order valence-corrected chi connectivity index (χ2v) is 0. The van der Waals surface area contributed by atoms with E-state index in [-0.39, 0.29) is 104 Å². The van der Waals surface area contributed by atoms with Crippen LogP contribution in [0.3, 0.4) is 0 Å². The molecule has 0 atom stereocenters. The molecule has 0 bridgehead atoms. The molecule has 18 valence electrons. The van der Waals surface area contributed by atoms with Crippen molar-refractivity contribution in [1.82, 2.24) is 0 Å². The molecule has 0 fully saturated rings. The van der Waals surface area contributed by atoms with E-state index in [0.717, 1.165) is 0 Å². The van der Waals surface area contributed by atoms with Gasteiger partial charge in [-0.1, -0.05) is 0 Å². The molecule has 5 heavy (non-hydrogen) atoms. The van der Waals surface area contributed by atoms with Crippen molar-refractivity contribution in [3.8, 4) is 0 Å². The summed E-state index contributed by atoms with van der Waals surface area (Å²) in [7, 11) is 0. The van der Waals surface area contributed by atoms with Crippen LogP contribution in [-0.2, 0) is 0 Å². The van der Waals surface area contributed by atoms with E-state index in [0.29, 0.717) is 0 Å². The fourth-order valence-corrected chi connectivity index (χ4v) is 0. The molecule has 6 radical (unpaired) electrons. The fraction of sp³-hybridized carbons (Fsp3) is 0. The predicted molar refractivity (Wildman–Crippen MR) is 37.1 cm³/mol. The second-order valence-electron chi connectivity index (χ2n) is 0. The molecule has 0 aromatic carbocycles. The number of hydrogen-bond acceptors (Lipinski definition) is 0. The summed E-state index contributed by atoms with van der Waals surface area (Å²) in [6, 6.07) is 0. The molecule has 5 heteroatoms. The Hall–Kier alpha value is 3.36. The molecule has 0 nitrogen and oxygen atoms in total. The average Bonchev–Trinajstić information content (AvgIpc) is 0. The van der Waals surface area contributed by atoms with Gasteiger partial charge in [0.2, 0.25) is 0 Å². The molecular formula is H6Al2Mg3. The van der Waals surface area contributed by atoms with E-state index >= 15 is 0 Å². The van der Waals surface area contributed by atoms with Crippen molar-refractivity contribution in [2.75, 3.05) is 0 Å². The summed E-state index contributed by atoms with van der Waals surface area (Å²) in [4.78, 5) is 0. The predicted octanol–water partition coefficient (Wildman–Crippen LogP) is -3.51. The summed E-state index contributed by atoms with van der Waals surface area (Å²) in [6.07, 6.45) is 0. The van der Waals surface area contributed by atoms with E-state index in [1.807, 2.05) is 0 Å². The molecule has 0 aliphatic rings. The van der Waals surface area contributed by atoms with Gasteiger partial charge < -0.3 is 0 Å². The Labute approximate surface area is 102 Å². The van der Waals surface area contributed by atoms with Crippen LogP contribution in [0.4, 0.5) is 0 Å². The highest BCUT2D eigenvalue weighted by molar-refractivity contribution is 5.76. The Morgan fingerprint density at radius 3 is 0.400 bits per heavy atom. The first-order valence-corrected chi connectivity index (χ1v) is 0.